The molecule has 0 atom stereocenters. The number of hydrogen-bond acceptors (Lipinski definition) is 4. The standard InChI is InChI=1S/C14H24N4/c1-14(2,3)12-4-5-13(18-17-12)16-10-11-6-8-15-9-7-11/h4-5,11,15H,6-10H2,1-3H3,(H,16,18). The average molecular weight is 248 g/mol. The van der Waals surface area contributed by atoms with E-state index < -0.39 is 0 Å². The van der Waals surface area contributed by atoms with Gasteiger partial charge in [0.2, 0.25) is 0 Å². The van der Waals surface area contributed by atoms with Crippen LogP contribution in [0.1, 0.15) is 39.3 Å². The van der Waals surface area contributed by atoms with Gasteiger partial charge in [-0.15, -0.1) is 5.10 Å². The Labute approximate surface area is 110 Å². The summed E-state index contributed by atoms with van der Waals surface area (Å²) in [5.74, 6) is 1.65. The predicted molar refractivity (Wildman–Crippen MR) is 74.8 cm³/mol. The Morgan fingerprint density at radius 2 is 1.94 bits per heavy atom. The number of aromatic nitrogens is 2. The van der Waals surface area contributed by atoms with Crippen molar-refractivity contribution in [1.29, 1.82) is 0 Å². The summed E-state index contributed by atoms with van der Waals surface area (Å²) in [6.07, 6.45) is 2.50. The lowest BCUT2D eigenvalue weighted by atomic mass is 9.92. The highest BCUT2D eigenvalue weighted by atomic mass is 15.2. The summed E-state index contributed by atoms with van der Waals surface area (Å²) in [6, 6.07) is 4.10. The highest BCUT2D eigenvalue weighted by Gasteiger charge is 2.16. The maximum atomic E-state index is 4.29. The van der Waals surface area contributed by atoms with Gasteiger partial charge in [0.1, 0.15) is 5.82 Å². The Morgan fingerprint density at radius 3 is 2.50 bits per heavy atom. The van der Waals surface area contributed by atoms with E-state index in [9.17, 15) is 0 Å². The van der Waals surface area contributed by atoms with E-state index >= 15 is 0 Å². The zero-order chi connectivity index (χ0) is 13.0. The summed E-state index contributed by atoms with van der Waals surface area (Å²) in [7, 11) is 0. The second-order valence-electron chi connectivity index (χ2n) is 6.13. The molecule has 0 radical (unpaired) electrons. The van der Waals surface area contributed by atoms with Gasteiger partial charge in [-0.25, -0.2) is 0 Å². The predicted octanol–water partition coefficient (Wildman–Crippen LogP) is 2.19. The minimum Gasteiger partial charge on any atom is -0.368 e. The molecule has 0 bridgehead atoms. The SMILES string of the molecule is CC(C)(C)c1ccc(NCC2CCNCC2)nn1. The van der Waals surface area contributed by atoms with E-state index in [2.05, 4.69) is 47.7 Å². The molecule has 0 spiro atoms. The highest BCUT2D eigenvalue weighted by molar-refractivity contribution is 5.34. The van der Waals surface area contributed by atoms with Gasteiger partial charge in [0.15, 0.2) is 0 Å². The largest absolute Gasteiger partial charge is 0.368 e. The molecule has 2 heterocycles. The van der Waals surface area contributed by atoms with Crippen molar-refractivity contribution in [1.82, 2.24) is 15.5 Å². The molecule has 0 aromatic carbocycles. The van der Waals surface area contributed by atoms with Crippen molar-refractivity contribution in [2.75, 3.05) is 25.0 Å². The van der Waals surface area contributed by atoms with Crippen LogP contribution >= 0.6 is 0 Å². The molecule has 0 amide bonds. The van der Waals surface area contributed by atoms with E-state index in [1.165, 1.54) is 12.8 Å². The first-order valence-electron chi connectivity index (χ1n) is 6.84. The van der Waals surface area contributed by atoms with Crippen LogP contribution in [0.15, 0.2) is 12.1 Å². The molecule has 0 saturated carbocycles. The second kappa shape index (κ2) is 5.65. The molecule has 1 aromatic rings. The fourth-order valence-corrected chi connectivity index (χ4v) is 2.16. The summed E-state index contributed by atoms with van der Waals surface area (Å²) >= 11 is 0. The van der Waals surface area contributed by atoms with Gasteiger partial charge in [0.25, 0.3) is 0 Å². The Morgan fingerprint density at radius 1 is 1.22 bits per heavy atom. The van der Waals surface area contributed by atoms with Gasteiger partial charge in [-0.1, -0.05) is 20.8 Å². The van der Waals surface area contributed by atoms with Crippen molar-refractivity contribution in [3.05, 3.63) is 17.8 Å². The van der Waals surface area contributed by atoms with Crippen LogP contribution in [0.5, 0.6) is 0 Å². The third-order valence-electron chi connectivity index (χ3n) is 3.46. The zero-order valence-corrected chi connectivity index (χ0v) is 11.7. The van der Waals surface area contributed by atoms with E-state index in [4.69, 9.17) is 0 Å². The molecule has 1 aliphatic rings. The molecular formula is C14H24N4. The van der Waals surface area contributed by atoms with Crippen molar-refractivity contribution in [2.24, 2.45) is 5.92 Å². The maximum Gasteiger partial charge on any atom is 0.148 e. The highest BCUT2D eigenvalue weighted by Crippen LogP contribution is 2.20. The Hall–Kier alpha value is -1.16. The lowest BCUT2D eigenvalue weighted by Gasteiger charge is -2.23. The molecule has 0 aliphatic carbocycles. The van der Waals surface area contributed by atoms with Gasteiger partial charge in [-0.05, 0) is 44.0 Å². The molecule has 2 rings (SSSR count). The van der Waals surface area contributed by atoms with Crippen LogP contribution in [0.4, 0.5) is 5.82 Å². The number of anilines is 1. The van der Waals surface area contributed by atoms with Gasteiger partial charge in [-0.2, -0.15) is 5.10 Å². The fraction of sp³-hybridized carbons (Fsp3) is 0.714. The van der Waals surface area contributed by atoms with Crippen LogP contribution in [0.2, 0.25) is 0 Å². The van der Waals surface area contributed by atoms with Crippen LogP contribution in [-0.2, 0) is 5.41 Å². The van der Waals surface area contributed by atoms with Gasteiger partial charge >= 0.3 is 0 Å². The van der Waals surface area contributed by atoms with Crippen molar-refractivity contribution >= 4 is 5.82 Å². The van der Waals surface area contributed by atoms with Crippen LogP contribution in [0.25, 0.3) is 0 Å². The van der Waals surface area contributed by atoms with E-state index in [-0.39, 0.29) is 5.41 Å². The molecular weight excluding hydrogens is 224 g/mol. The smallest absolute Gasteiger partial charge is 0.148 e. The minimum atomic E-state index is 0.0700. The van der Waals surface area contributed by atoms with Crippen LogP contribution in [-0.4, -0.2) is 29.8 Å². The lowest BCUT2D eigenvalue weighted by Crippen LogP contribution is -2.31. The summed E-state index contributed by atoms with van der Waals surface area (Å²) < 4.78 is 0. The first-order chi connectivity index (χ1) is 8.55. The van der Waals surface area contributed by atoms with E-state index in [0.717, 1.165) is 37.1 Å². The number of nitrogens with zero attached hydrogens (tertiary/aromatic N) is 2. The average Bonchev–Trinajstić information content (AvgIpc) is 2.37. The quantitative estimate of drug-likeness (QED) is 0.861. The molecule has 1 aromatic heterocycles. The second-order valence-corrected chi connectivity index (χ2v) is 6.13. The van der Waals surface area contributed by atoms with Crippen molar-refractivity contribution in [2.45, 2.75) is 39.0 Å². The molecule has 2 N–H and O–H groups in total. The molecule has 1 fully saturated rings. The van der Waals surface area contributed by atoms with E-state index in [1.807, 2.05) is 6.07 Å². The summed E-state index contributed by atoms with van der Waals surface area (Å²) in [4.78, 5) is 0. The van der Waals surface area contributed by atoms with Crippen molar-refractivity contribution in [3.63, 3.8) is 0 Å². The summed E-state index contributed by atoms with van der Waals surface area (Å²) in [5.41, 5.74) is 1.11. The molecule has 0 unspecified atom stereocenters. The lowest BCUT2D eigenvalue weighted by molar-refractivity contribution is 0.389. The normalized spacial score (nSPS) is 17.7. The molecule has 1 aliphatic heterocycles. The molecule has 18 heavy (non-hydrogen) atoms. The molecule has 100 valence electrons. The minimum absolute atomic E-state index is 0.0700. The van der Waals surface area contributed by atoms with Crippen LogP contribution < -0.4 is 10.6 Å². The van der Waals surface area contributed by atoms with E-state index in [1.54, 1.807) is 0 Å². The molecule has 4 heteroatoms. The molecule has 1 saturated heterocycles. The fourth-order valence-electron chi connectivity index (χ4n) is 2.16. The third kappa shape index (κ3) is 3.67. The topological polar surface area (TPSA) is 49.8 Å². The van der Waals surface area contributed by atoms with E-state index in [0.29, 0.717) is 0 Å². The monoisotopic (exact) mass is 248 g/mol. The summed E-state index contributed by atoms with van der Waals surface area (Å²) in [6.45, 7) is 9.74. The zero-order valence-electron chi connectivity index (χ0n) is 11.7. The summed E-state index contributed by atoms with van der Waals surface area (Å²) in [5, 5.41) is 15.3. The third-order valence-corrected chi connectivity index (χ3v) is 3.46. The van der Waals surface area contributed by atoms with Gasteiger partial charge in [-0.3, -0.25) is 0 Å². The van der Waals surface area contributed by atoms with Gasteiger partial charge < -0.3 is 10.6 Å². The first kappa shape index (κ1) is 13.3. The molecule has 4 nitrogen and oxygen atoms in total. The maximum absolute atomic E-state index is 4.29. The van der Waals surface area contributed by atoms with Crippen molar-refractivity contribution in [3.8, 4) is 0 Å². The Kier molecular flexibility index (Phi) is 4.17. The first-order valence-corrected chi connectivity index (χ1v) is 6.84. The number of hydrogen-bond donors (Lipinski definition) is 2. The van der Waals surface area contributed by atoms with Crippen molar-refractivity contribution < 1.29 is 0 Å². The van der Waals surface area contributed by atoms with Crippen LogP contribution in [0.3, 0.4) is 0 Å². The number of rotatable bonds is 3. The van der Waals surface area contributed by atoms with Gasteiger partial charge in [0, 0.05) is 12.0 Å². The van der Waals surface area contributed by atoms with Gasteiger partial charge in [0.05, 0.1) is 5.69 Å². The number of piperidine rings is 1. The van der Waals surface area contributed by atoms with Crippen LogP contribution in [0, 0.1) is 5.92 Å². The Balaban J connectivity index is 1.86. The Bertz CT molecular complexity index is 360. The number of nitrogens with one attached hydrogen (secondary N) is 2.